The van der Waals surface area contributed by atoms with E-state index in [1.54, 1.807) is 30.5 Å². The molecule has 0 radical (unpaired) electrons. The monoisotopic (exact) mass is 333 g/mol. The number of hydrogen-bond acceptors (Lipinski definition) is 3. The van der Waals surface area contributed by atoms with Crippen molar-refractivity contribution >= 4 is 24.2 Å². The van der Waals surface area contributed by atoms with E-state index in [0.717, 1.165) is 0 Å². The number of nitrogens with zero attached hydrogens (tertiary/aromatic N) is 1. The third-order valence-corrected chi connectivity index (χ3v) is 4.85. The summed E-state index contributed by atoms with van der Waals surface area (Å²) in [6.07, 6.45) is 1.61. The molecular formula is C17H18BClFNO2. The summed E-state index contributed by atoms with van der Waals surface area (Å²) in [5.74, 6) is -0.345. The van der Waals surface area contributed by atoms with Crippen LogP contribution in [0, 0.1) is 5.82 Å². The van der Waals surface area contributed by atoms with Gasteiger partial charge in [-0.25, -0.2) is 9.37 Å². The standard InChI is InChI=1S/C17H18BClFNO2/c1-16(2)17(3,4)23-18(22-16)11-9-13(15(19)21-10-11)12-7-5-6-8-14(12)20/h5-10H,1-4H3. The number of rotatable bonds is 2. The zero-order valence-corrected chi connectivity index (χ0v) is 14.3. The summed E-state index contributed by atoms with van der Waals surface area (Å²) in [5.41, 5.74) is 0.747. The van der Waals surface area contributed by atoms with Gasteiger partial charge in [0.1, 0.15) is 11.0 Å². The zero-order chi connectivity index (χ0) is 16.8. The minimum absolute atomic E-state index is 0.246. The van der Waals surface area contributed by atoms with Gasteiger partial charge in [-0.1, -0.05) is 29.8 Å². The second-order valence-electron chi connectivity index (χ2n) is 6.68. The van der Waals surface area contributed by atoms with Crippen molar-refractivity contribution < 1.29 is 13.7 Å². The Hall–Kier alpha value is -1.43. The van der Waals surface area contributed by atoms with Crippen LogP contribution in [0.3, 0.4) is 0 Å². The van der Waals surface area contributed by atoms with Crippen molar-refractivity contribution in [1.29, 1.82) is 0 Å². The van der Waals surface area contributed by atoms with Gasteiger partial charge >= 0.3 is 7.12 Å². The van der Waals surface area contributed by atoms with E-state index in [1.165, 1.54) is 6.07 Å². The minimum atomic E-state index is -0.560. The average molecular weight is 334 g/mol. The molecular weight excluding hydrogens is 315 g/mol. The molecule has 2 aromatic rings. The first kappa shape index (κ1) is 16.4. The molecule has 3 rings (SSSR count). The second kappa shape index (κ2) is 5.58. The van der Waals surface area contributed by atoms with Crippen molar-refractivity contribution in [3.05, 3.63) is 47.5 Å². The van der Waals surface area contributed by atoms with E-state index in [2.05, 4.69) is 4.98 Å². The molecule has 0 aliphatic carbocycles. The Morgan fingerprint density at radius 2 is 1.65 bits per heavy atom. The van der Waals surface area contributed by atoms with Gasteiger partial charge in [0, 0.05) is 22.8 Å². The van der Waals surface area contributed by atoms with Crippen molar-refractivity contribution in [1.82, 2.24) is 4.98 Å². The first-order chi connectivity index (χ1) is 10.7. The Labute approximate surface area is 140 Å². The number of halogens is 2. The molecule has 0 bridgehead atoms. The van der Waals surface area contributed by atoms with Crippen LogP contribution in [0.5, 0.6) is 0 Å². The Bertz CT molecular complexity index is 735. The largest absolute Gasteiger partial charge is 0.496 e. The molecule has 2 heterocycles. The molecule has 0 unspecified atom stereocenters. The molecule has 0 amide bonds. The van der Waals surface area contributed by atoms with Crippen molar-refractivity contribution in [2.45, 2.75) is 38.9 Å². The quantitative estimate of drug-likeness (QED) is 0.618. The first-order valence-electron chi connectivity index (χ1n) is 7.47. The fourth-order valence-corrected chi connectivity index (χ4v) is 2.65. The van der Waals surface area contributed by atoms with E-state index in [9.17, 15) is 4.39 Å². The molecule has 23 heavy (non-hydrogen) atoms. The molecule has 1 aromatic carbocycles. The van der Waals surface area contributed by atoms with Gasteiger partial charge < -0.3 is 9.31 Å². The van der Waals surface area contributed by atoms with Crippen LogP contribution >= 0.6 is 11.6 Å². The lowest BCUT2D eigenvalue weighted by Crippen LogP contribution is -2.41. The maximum Gasteiger partial charge on any atom is 0.496 e. The van der Waals surface area contributed by atoms with Crippen molar-refractivity contribution in [2.75, 3.05) is 0 Å². The van der Waals surface area contributed by atoms with Gasteiger partial charge in [0.2, 0.25) is 0 Å². The Morgan fingerprint density at radius 1 is 1.04 bits per heavy atom. The van der Waals surface area contributed by atoms with E-state index in [0.29, 0.717) is 16.6 Å². The van der Waals surface area contributed by atoms with Gasteiger partial charge in [0.15, 0.2) is 0 Å². The highest BCUT2D eigenvalue weighted by molar-refractivity contribution is 6.62. The summed E-state index contributed by atoms with van der Waals surface area (Å²) in [4.78, 5) is 4.18. The van der Waals surface area contributed by atoms with Crippen LogP contribution < -0.4 is 5.46 Å². The first-order valence-corrected chi connectivity index (χ1v) is 7.85. The minimum Gasteiger partial charge on any atom is -0.399 e. The van der Waals surface area contributed by atoms with Crippen LogP contribution in [0.4, 0.5) is 4.39 Å². The normalized spacial score (nSPS) is 19.1. The number of pyridine rings is 1. The topological polar surface area (TPSA) is 31.4 Å². The molecule has 1 aliphatic heterocycles. The summed E-state index contributed by atoms with van der Waals surface area (Å²) in [6.45, 7) is 7.92. The van der Waals surface area contributed by atoms with Gasteiger partial charge in [-0.15, -0.1) is 0 Å². The molecule has 0 spiro atoms. The zero-order valence-electron chi connectivity index (χ0n) is 13.6. The van der Waals surface area contributed by atoms with E-state index in [1.807, 2.05) is 27.7 Å². The second-order valence-corrected chi connectivity index (χ2v) is 7.03. The summed E-state index contributed by atoms with van der Waals surface area (Å²) in [5, 5.41) is 0.246. The molecule has 0 saturated carbocycles. The lowest BCUT2D eigenvalue weighted by atomic mass is 9.79. The molecule has 3 nitrogen and oxygen atoms in total. The van der Waals surface area contributed by atoms with Crippen LogP contribution in [-0.4, -0.2) is 23.3 Å². The highest BCUT2D eigenvalue weighted by Gasteiger charge is 2.51. The SMILES string of the molecule is CC1(C)OB(c2cnc(Cl)c(-c3ccccc3F)c2)OC1(C)C. The maximum atomic E-state index is 14.1. The summed E-state index contributed by atoms with van der Waals surface area (Å²) >= 11 is 6.16. The molecule has 1 saturated heterocycles. The molecule has 1 fully saturated rings. The highest BCUT2D eigenvalue weighted by Crippen LogP contribution is 2.37. The fraction of sp³-hybridized carbons (Fsp3) is 0.353. The predicted octanol–water partition coefficient (Wildman–Crippen LogP) is 3.84. The van der Waals surface area contributed by atoms with Gasteiger partial charge in [-0.3, -0.25) is 0 Å². The van der Waals surface area contributed by atoms with Crippen molar-refractivity contribution in [2.24, 2.45) is 0 Å². The fourth-order valence-electron chi connectivity index (χ4n) is 2.44. The Kier molecular flexibility index (Phi) is 3.99. The lowest BCUT2D eigenvalue weighted by molar-refractivity contribution is 0.00578. The number of aromatic nitrogens is 1. The number of benzene rings is 1. The third kappa shape index (κ3) is 2.89. The highest BCUT2D eigenvalue weighted by atomic mass is 35.5. The smallest absolute Gasteiger partial charge is 0.399 e. The summed E-state index contributed by atoms with van der Waals surface area (Å²) in [7, 11) is -0.560. The molecule has 1 aromatic heterocycles. The molecule has 0 N–H and O–H groups in total. The third-order valence-electron chi connectivity index (χ3n) is 4.55. The lowest BCUT2D eigenvalue weighted by Gasteiger charge is -2.32. The summed E-state index contributed by atoms with van der Waals surface area (Å²) < 4.78 is 26.1. The van der Waals surface area contributed by atoms with Crippen LogP contribution in [0.1, 0.15) is 27.7 Å². The average Bonchev–Trinajstić information content (AvgIpc) is 2.69. The van der Waals surface area contributed by atoms with E-state index in [-0.39, 0.29) is 11.0 Å². The van der Waals surface area contributed by atoms with E-state index < -0.39 is 18.3 Å². The van der Waals surface area contributed by atoms with Gasteiger partial charge in [0.05, 0.1) is 11.2 Å². The maximum absolute atomic E-state index is 14.1. The van der Waals surface area contributed by atoms with Gasteiger partial charge in [-0.2, -0.15) is 0 Å². The predicted molar refractivity (Wildman–Crippen MR) is 90.4 cm³/mol. The van der Waals surface area contributed by atoms with Crippen molar-refractivity contribution in [3.63, 3.8) is 0 Å². The number of hydrogen-bond donors (Lipinski definition) is 0. The molecule has 120 valence electrons. The molecule has 0 atom stereocenters. The Balaban J connectivity index is 2.01. The molecule has 1 aliphatic rings. The van der Waals surface area contributed by atoms with Crippen molar-refractivity contribution in [3.8, 4) is 11.1 Å². The van der Waals surface area contributed by atoms with Crippen LogP contribution in [0.25, 0.3) is 11.1 Å². The van der Waals surface area contributed by atoms with Gasteiger partial charge in [-0.05, 0) is 39.8 Å². The van der Waals surface area contributed by atoms with Crippen LogP contribution in [0.2, 0.25) is 5.15 Å². The molecule has 6 heteroatoms. The van der Waals surface area contributed by atoms with Crippen LogP contribution in [0.15, 0.2) is 36.5 Å². The van der Waals surface area contributed by atoms with E-state index >= 15 is 0 Å². The Morgan fingerprint density at radius 3 is 2.26 bits per heavy atom. The van der Waals surface area contributed by atoms with Gasteiger partial charge in [0.25, 0.3) is 0 Å². The van der Waals surface area contributed by atoms with E-state index in [4.69, 9.17) is 20.9 Å². The summed E-state index contributed by atoms with van der Waals surface area (Å²) in [6, 6.07) is 8.24. The van der Waals surface area contributed by atoms with Crippen LogP contribution in [-0.2, 0) is 9.31 Å².